The van der Waals surface area contributed by atoms with E-state index < -0.39 is 6.10 Å². The summed E-state index contributed by atoms with van der Waals surface area (Å²) in [5.41, 5.74) is 2.00. The van der Waals surface area contributed by atoms with Crippen molar-refractivity contribution < 1.29 is 19.4 Å². The summed E-state index contributed by atoms with van der Waals surface area (Å²) in [6.45, 7) is 4.41. The Balaban J connectivity index is 1.41. The molecule has 1 aromatic carbocycles. The van der Waals surface area contributed by atoms with Crippen molar-refractivity contribution in [2.24, 2.45) is 0 Å². The molecule has 30 heavy (non-hydrogen) atoms. The number of amides is 1. The summed E-state index contributed by atoms with van der Waals surface area (Å²) in [6, 6.07) is 4.03. The largest absolute Gasteiger partial charge is 0.493 e. The second kappa shape index (κ2) is 7.89. The maximum atomic E-state index is 13.1. The standard InChI is InChI=1S/C24H32N2O4/c1-29-19-6-5-17-16-26(21(28)8-13-25-11-3-2-4-12-25)14-10-24-9-7-18(27)15-20(24)30-23(19)22(17)24/h5-7,9,18,20,27H,2-4,8,10-16H2,1H3/t18-,20?,24?/m0/s1. The Labute approximate surface area is 178 Å². The average molecular weight is 413 g/mol. The Morgan fingerprint density at radius 3 is 2.90 bits per heavy atom. The van der Waals surface area contributed by atoms with Crippen LogP contribution in [0.4, 0.5) is 0 Å². The van der Waals surface area contributed by atoms with Crippen molar-refractivity contribution in [3.05, 3.63) is 35.4 Å². The predicted molar refractivity (Wildman–Crippen MR) is 114 cm³/mol. The van der Waals surface area contributed by atoms with Crippen LogP contribution in [0.1, 0.15) is 49.7 Å². The fraction of sp³-hybridized carbons (Fsp3) is 0.625. The quantitative estimate of drug-likeness (QED) is 0.771. The van der Waals surface area contributed by atoms with Crippen LogP contribution in [0.15, 0.2) is 24.3 Å². The van der Waals surface area contributed by atoms with Gasteiger partial charge in [-0.2, -0.15) is 0 Å². The van der Waals surface area contributed by atoms with Crippen molar-refractivity contribution in [1.82, 2.24) is 9.80 Å². The van der Waals surface area contributed by atoms with E-state index in [0.717, 1.165) is 48.7 Å². The van der Waals surface area contributed by atoms with Crippen molar-refractivity contribution in [2.45, 2.75) is 62.7 Å². The molecule has 0 bridgehead atoms. The molecule has 1 amide bonds. The number of methoxy groups -OCH3 is 1. The number of rotatable bonds is 4. The minimum atomic E-state index is -0.491. The number of carbonyl (C=O) groups is 1. The molecule has 1 spiro atoms. The number of benzene rings is 1. The van der Waals surface area contributed by atoms with Gasteiger partial charge in [0, 0.05) is 38.0 Å². The smallest absolute Gasteiger partial charge is 0.224 e. The second-order valence-corrected chi connectivity index (χ2v) is 9.16. The molecule has 1 aromatic rings. The van der Waals surface area contributed by atoms with Crippen molar-refractivity contribution in [2.75, 3.05) is 33.3 Å². The molecule has 1 fully saturated rings. The van der Waals surface area contributed by atoms with E-state index in [4.69, 9.17) is 9.47 Å². The number of hydrogen-bond donors (Lipinski definition) is 1. The highest BCUT2D eigenvalue weighted by Gasteiger charge is 2.53. The maximum Gasteiger partial charge on any atom is 0.224 e. The van der Waals surface area contributed by atoms with Gasteiger partial charge in [0.25, 0.3) is 0 Å². The van der Waals surface area contributed by atoms with Gasteiger partial charge in [0.2, 0.25) is 5.91 Å². The van der Waals surface area contributed by atoms with E-state index >= 15 is 0 Å². The molecule has 0 aromatic heterocycles. The zero-order valence-electron chi connectivity index (χ0n) is 17.8. The zero-order chi connectivity index (χ0) is 20.7. The molecule has 3 aliphatic heterocycles. The zero-order valence-corrected chi connectivity index (χ0v) is 17.8. The molecule has 3 atom stereocenters. The van der Waals surface area contributed by atoms with Crippen LogP contribution in [-0.2, 0) is 16.8 Å². The van der Waals surface area contributed by atoms with Crippen LogP contribution in [0.25, 0.3) is 0 Å². The van der Waals surface area contributed by atoms with E-state index in [9.17, 15) is 9.90 Å². The molecule has 3 heterocycles. The predicted octanol–water partition coefficient (Wildman–Crippen LogP) is 2.62. The first-order chi connectivity index (χ1) is 14.6. The summed E-state index contributed by atoms with van der Waals surface area (Å²) >= 11 is 0. The third-order valence-corrected chi connectivity index (χ3v) is 7.40. The number of piperidine rings is 1. The molecule has 1 saturated heterocycles. The van der Waals surface area contributed by atoms with Gasteiger partial charge in [0.1, 0.15) is 6.10 Å². The van der Waals surface area contributed by atoms with E-state index in [0.29, 0.717) is 25.9 Å². The first-order valence-electron chi connectivity index (χ1n) is 11.4. The van der Waals surface area contributed by atoms with Crippen molar-refractivity contribution >= 4 is 5.91 Å². The average Bonchev–Trinajstić information content (AvgIpc) is 3.00. The Hall–Kier alpha value is -2.05. The molecule has 0 saturated carbocycles. The fourth-order valence-corrected chi connectivity index (χ4v) is 5.74. The van der Waals surface area contributed by atoms with E-state index in [1.807, 2.05) is 17.0 Å². The lowest BCUT2D eigenvalue weighted by atomic mass is 9.69. The fourth-order valence-electron chi connectivity index (χ4n) is 5.74. The van der Waals surface area contributed by atoms with Crippen LogP contribution >= 0.6 is 0 Å². The summed E-state index contributed by atoms with van der Waals surface area (Å²) in [5, 5.41) is 10.2. The van der Waals surface area contributed by atoms with Gasteiger partial charge in [-0.15, -0.1) is 0 Å². The van der Waals surface area contributed by atoms with Crippen LogP contribution in [0.5, 0.6) is 11.5 Å². The highest BCUT2D eigenvalue weighted by Crippen LogP contribution is 2.55. The number of likely N-dealkylation sites (tertiary alicyclic amines) is 1. The Morgan fingerprint density at radius 1 is 1.27 bits per heavy atom. The first kappa shape index (κ1) is 19.9. The third kappa shape index (κ3) is 3.30. The van der Waals surface area contributed by atoms with Crippen molar-refractivity contribution in [3.8, 4) is 11.5 Å². The lowest BCUT2D eigenvalue weighted by molar-refractivity contribution is -0.132. The van der Waals surface area contributed by atoms with Gasteiger partial charge >= 0.3 is 0 Å². The number of carbonyl (C=O) groups excluding carboxylic acids is 1. The van der Waals surface area contributed by atoms with Crippen molar-refractivity contribution in [3.63, 3.8) is 0 Å². The SMILES string of the molecule is COc1ccc2c3c1OC1C[C@@H](O)C=CC31CCN(C(=O)CCN1CCCCC1)C2. The molecule has 1 aliphatic carbocycles. The summed E-state index contributed by atoms with van der Waals surface area (Å²) in [4.78, 5) is 17.6. The molecule has 162 valence electrons. The molecule has 6 heteroatoms. The molecule has 0 radical (unpaired) electrons. The number of ether oxygens (including phenoxy) is 2. The van der Waals surface area contributed by atoms with Crippen molar-refractivity contribution in [1.29, 1.82) is 0 Å². The first-order valence-corrected chi connectivity index (χ1v) is 11.4. The lowest BCUT2D eigenvalue weighted by Crippen LogP contribution is -2.43. The molecule has 5 rings (SSSR count). The molecule has 6 nitrogen and oxygen atoms in total. The molecule has 1 N–H and O–H groups in total. The molecular weight excluding hydrogens is 380 g/mol. The number of aliphatic hydroxyl groups is 1. The van der Waals surface area contributed by atoms with Gasteiger partial charge in [0.05, 0.1) is 18.6 Å². The van der Waals surface area contributed by atoms with Crippen LogP contribution in [-0.4, -0.2) is 66.3 Å². The minimum absolute atomic E-state index is 0.119. The summed E-state index contributed by atoms with van der Waals surface area (Å²) in [7, 11) is 1.66. The maximum absolute atomic E-state index is 13.1. The van der Waals surface area contributed by atoms with Gasteiger partial charge in [-0.3, -0.25) is 4.79 Å². The summed E-state index contributed by atoms with van der Waals surface area (Å²) in [5.74, 6) is 1.76. The van der Waals surface area contributed by atoms with E-state index in [-0.39, 0.29) is 17.4 Å². The van der Waals surface area contributed by atoms with Crippen LogP contribution < -0.4 is 9.47 Å². The lowest BCUT2D eigenvalue weighted by Gasteiger charge is -2.35. The topological polar surface area (TPSA) is 62.2 Å². The van der Waals surface area contributed by atoms with Gasteiger partial charge in [-0.05, 0) is 44.0 Å². The Bertz CT molecular complexity index is 848. The Kier molecular flexibility index (Phi) is 5.23. The Morgan fingerprint density at radius 2 is 2.10 bits per heavy atom. The number of nitrogens with zero attached hydrogens (tertiary/aromatic N) is 2. The number of aliphatic hydroxyl groups excluding tert-OH is 1. The number of hydrogen-bond acceptors (Lipinski definition) is 5. The van der Waals surface area contributed by atoms with Gasteiger partial charge in [0.15, 0.2) is 11.5 Å². The highest BCUT2D eigenvalue weighted by atomic mass is 16.5. The minimum Gasteiger partial charge on any atom is -0.493 e. The van der Waals surface area contributed by atoms with Crippen LogP contribution in [0.3, 0.4) is 0 Å². The van der Waals surface area contributed by atoms with E-state index in [1.54, 1.807) is 7.11 Å². The van der Waals surface area contributed by atoms with Gasteiger partial charge in [-0.1, -0.05) is 24.6 Å². The second-order valence-electron chi connectivity index (χ2n) is 9.16. The van der Waals surface area contributed by atoms with E-state index in [1.165, 1.54) is 19.3 Å². The van der Waals surface area contributed by atoms with E-state index in [2.05, 4.69) is 17.0 Å². The monoisotopic (exact) mass is 412 g/mol. The third-order valence-electron chi connectivity index (χ3n) is 7.40. The van der Waals surface area contributed by atoms with Crippen LogP contribution in [0, 0.1) is 0 Å². The summed E-state index contributed by atoms with van der Waals surface area (Å²) < 4.78 is 11.9. The summed E-state index contributed by atoms with van der Waals surface area (Å²) in [6.07, 6.45) is 9.18. The van der Waals surface area contributed by atoms with Gasteiger partial charge in [-0.25, -0.2) is 0 Å². The molecule has 4 aliphatic rings. The normalized spacial score (nSPS) is 30.3. The highest BCUT2D eigenvalue weighted by molar-refractivity contribution is 5.77. The van der Waals surface area contributed by atoms with Crippen LogP contribution in [0.2, 0.25) is 0 Å². The molecule has 2 unspecified atom stereocenters. The molecular formula is C24H32N2O4. The van der Waals surface area contributed by atoms with Gasteiger partial charge < -0.3 is 24.4 Å².